The van der Waals surface area contributed by atoms with E-state index in [1.54, 1.807) is 0 Å². The molecule has 1 heterocycles. The molecule has 5 nitrogen and oxygen atoms in total. The fraction of sp³-hybridized carbons (Fsp3) is 0.938. The third-order valence-corrected chi connectivity index (χ3v) is 4.36. The predicted molar refractivity (Wildman–Crippen MR) is 86.5 cm³/mol. The van der Waals surface area contributed by atoms with Gasteiger partial charge in [-0.15, -0.1) is 0 Å². The zero-order valence-electron chi connectivity index (χ0n) is 14.6. The molecule has 2 atom stereocenters. The first-order chi connectivity index (χ1) is 9.86. The van der Waals surface area contributed by atoms with Crippen molar-refractivity contribution in [3.05, 3.63) is 0 Å². The highest BCUT2D eigenvalue weighted by Gasteiger charge is 2.39. The molecule has 1 saturated heterocycles. The molecule has 124 valence electrons. The number of nitrogens with one attached hydrogen (secondary N) is 1. The first-order valence-corrected chi connectivity index (χ1v) is 8.18. The van der Waals surface area contributed by atoms with Crippen LogP contribution in [0.3, 0.4) is 0 Å². The van der Waals surface area contributed by atoms with E-state index in [4.69, 9.17) is 4.74 Å². The lowest BCUT2D eigenvalue weighted by molar-refractivity contribution is -0.149. The molecule has 0 radical (unpaired) electrons. The van der Waals surface area contributed by atoms with Crippen LogP contribution in [0, 0.1) is 0 Å². The van der Waals surface area contributed by atoms with Gasteiger partial charge in [-0.05, 0) is 46.8 Å². The third-order valence-electron chi connectivity index (χ3n) is 4.36. The summed E-state index contributed by atoms with van der Waals surface area (Å²) in [5, 5.41) is 3.38. The second-order valence-corrected chi connectivity index (χ2v) is 6.52. The van der Waals surface area contributed by atoms with E-state index in [0.717, 1.165) is 26.2 Å². The number of hydrogen-bond donors (Lipinski definition) is 1. The van der Waals surface area contributed by atoms with E-state index in [-0.39, 0.29) is 12.0 Å². The van der Waals surface area contributed by atoms with Gasteiger partial charge in [0.2, 0.25) is 0 Å². The maximum Gasteiger partial charge on any atom is 0.327 e. The Labute approximate surface area is 130 Å². The van der Waals surface area contributed by atoms with E-state index in [2.05, 4.69) is 42.8 Å². The summed E-state index contributed by atoms with van der Waals surface area (Å²) < 4.78 is 5.00. The van der Waals surface area contributed by atoms with E-state index in [1.165, 1.54) is 13.5 Å². The van der Waals surface area contributed by atoms with E-state index < -0.39 is 5.54 Å². The van der Waals surface area contributed by atoms with Gasteiger partial charge in [0.25, 0.3) is 0 Å². The van der Waals surface area contributed by atoms with Gasteiger partial charge in [0.1, 0.15) is 5.54 Å². The molecular weight excluding hydrogens is 266 g/mol. The van der Waals surface area contributed by atoms with Crippen LogP contribution in [0.15, 0.2) is 0 Å². The molecule has 1 N–H and O–H groups in total. The van der Waals surface area contributed by atoms with Crippen LogP contribution in [0.5, 0.6) is 0 Å². The van der Waals surface area contributed by atoms with Crippen LogP contribution >= 0.6 is 0 Å². The topological polar surface area (TPSA) is 44.8 Å². The van der Waals surface area contributed by atoms with Crippen LogP contribution in [0.1, 0.15) is 41.0 Å². The lowest BCUT2D eigenvalue weighted by Crippen LogP contribution is -2.59. The summed E-state index contributed by atoms with van der Waals surface area (Å²) in [4.78, 5) is 17.1. The lowest BCUT2D eigenvalue weighted by Gasteiger charge is -2.34. The zero-order chi connectivity index (χ0) is 16.0. The second-order valence-electron chi connectivity index (χ2n) is 6.52. The summed E-state index contributed by atoms with van der Waals surface area (Å²) in [6.07, 6.45) is 1.18. The van der Waals surface area contributed by atoms with Crippen LogP contribution in [0.2, 0.25) is 0 Å². The van der Waals surface area contributed by atoms with E-state index in [1.807, 2.05) is 6.92 Å². The van der Waals surface area contributed by atoms with Crippen molar-refractivity contribution in [2.24, 2.45) is 0 Å². The van der Waals surface area contributed by atoms with Crippen LogP contribution < -0.4 is 5.32 Å². The maximum atomic E-state index is 12.2. The Morgan fingerprint density at radius 2 is 2.05 bits per heavy atom. The van der Waals surface area contributed by atoms with Crippen LogP contribution in [0.4, 0.5) is 0 Å². The monoisotopic (exact) mass is 299 g/mol. The number of methoxy groups -OCH3 is 1. The van der Waals surface area contributed by atoms with Crippen molar-refractivity contribution < 1.29 is 9.53 Å². The normalized spacial score (nSPS) is 22.8. The number of rotatable bonds is 8. The minimum atomic E-state index is -0.638. The smallest absolute Gasteiger partial charge is 0.327 e. The molecule has 5 heteroatoms. The summed E-state index contributed by atoms with van der Waals surface area (Å²) in [6, 6.07) is 0.858. The Bertz CT molecular complexity index is 331. The molecule has 0 amide bonds. The molecular formula is C16H33N3O2. The number of ether oxygens (including phenoxy) is 1. The number of likely N-dealkylation sites (N-methyl/N-ethyl adjacent to an activating group) is 1. The minimum Gasteiger partial charge on any atom is -0.468 e. The molecule has 0 aromatic heterocycles. The van der Waals surface area contributed by atoms with Crippen LogP contribution in [-0.4, -0.2) is 73.2 Å². The Hall–Kier alpha value is -0.650. The lowest BCUT2D eigenvalue weighted by atomic mass is 10.0. The summed E-state index contributed by atoms with van der Waals surface area (Å²) in [5.41, 5.74) is -0.638. The number of likely N-dealkylation sites (tertiary alicyclic amines) is 1. The van der Waals surface area contributed by atoms with Gasteiger partial charge in [-0.25, -0.2) is 0 Å². The fourth-order valence-electron chi connectivity index (χ4n) is 3.47. The highest BCUT2D eigenvalue weighted by molar-refractivity contribution is 5.80. The van der Waals surface area contributed by atoms with E-state index in [0.29, 0.717) is 12.6 Å². The number of carbonyl (C=O) groups excluding carboxylic acids is 1. The molecule has 1 aliphatic heterocycles. The average Bonchev–Trinajstić information content (AvgIpc) is 2.86. The SMILES string of the molecule is CCN(CC)C1CCN(CC(C)(NC(C)C)C(=O)OC)C1. The first kappa shape index (κ1) is 18.4. The number of esters is 1. The first-order valence-electron chi connectivity index (χ1n) is 8.18. The van der Waals surface area contributed by atoms with Gasteiger partial charge < -0.3 is 4.74 Å². The van der Waals surface area contributed by atoms with Crippen molar-refractivity contribution in [1.82, 2.24) is 15.1 Å². The highest BCUT2D eigenvalue weighted by Crippen LogP contribution is 2.19. The van der Waals surface area contributed by atoms with Crippen molar-refractivity contribution in [1.29, 1.82) is 0 Å². The van der Waals surface area contributed by atoms with Gasteiger partial charge >= 0.3 is 5.97 Å². The Kier molecular flexibility index (Phi) is 7.10. The van der Waals surface area contributed by atoms with Crippen molar-refractivity contribution >= 4 is 5.97 Å². The number of carbonyl (C=O) groups is 1. The molecule has 1 rings (SSSR count). The van der Waals surface area contributed by atoms with Gasteiger partial charge in [-0.3, -0.25) is 19.9 Å². The van der Waals surface area contributed by atoms with Gasteiger partial charge in [0.05, 0.1) is 7.11 Å². The predicted octanol–water partition coefficient (Wildman–Crippen LogP) is 1.33. The van der Waals surface area contributed by atoms with Crippen molar-refractivity contribution in [2.75, 3.05) is 39.8 Å². The molecule has 0 aromatic rings. The molecule has 0 aromatic carbocycles. The average molecular weight is 299 g/mol. The van der Waals surface area contributed by atoms with E-state index in [9.17, 15) is 4.79 Å². The molecule has 1 aliphatic rings. The molecule has 0 spiro atoms. The summed E-state index contributed by atoms with van der Waals surface area (Å²) in [5.74, 6) is -0.178. The minimum absolute atomic E-state index is 0.178. The van der Waals surface area contributed by atoms with E-state index >= 15 is 0 Å². The Balaban J connectivity index is 2.67. The molecule has 0 aliphatic carbocycles. The van der Waals surface area contributed by atoms with Gasteiger partial charge in [0, 0.05) is 25.2 Å². The summed E-state index contributed by atoms with van der Waals surface area (Å²) >= 11 is 0. The van der Waals surface area contributed by atoms with Crippen molar-refractivity contribution in [3.8, 4) is 0 Å². The fourth-order valence-corrected chi connectivity index (χ4v) is 3.47. The largest absolute Gasteiger partial charge is 0.468 e. The quantitative estimate of drug-likeness (QED) is 0.685. The summed E-state index contributed by atoms with van der Waals surface area (Å²) in [7, 11) is 1.46. The van der Waals surface area contributed by atoms with Crippen molar-refractivity contribution in [3.63, 3.8) is 0 Å². The Morgan fingerprint density at radius 1 is 1.43 bits per heavy atom. The molecule has 1 fully saturated rings. The molecule has 0 saturated carbocycles. The maximum absolute atomic E-state index is 12.2. The standard InChI is InChI=1S/C16H33N3O2/c1-7-19(8-2)14-9-10-18(11-14)12-16(5,15(20)21-6)17-13(3)4/h13-14,17H,7-12H2,1-6H3. The number of hydrogen-bond acceptors (Lipinski definition) is 5. The zero-order valence-corrected chi connectivity index (χ0v) is 14.6. The van der Waals surface area contributed by atoms with Gasteiger partial charge in [-0.1, -0.05) is 13.8 Å². The third kappa shape index (κ3) is 4.94. The molecule has 21 heavy (non-hydrogen) atoms. The second kappa shape index (κ2) is 8.11. The summed E-state index contributed by atoms with van der Waals surface area (Å²) in [6.45, 7) is 15.5. The van der Waals surface area contributed by atoms with Gasteiger partial charge in [-0.2, -0.15) is 0 Å². The van der Waals surface area contributed by atoms with Crippen LogP contribution in [0.25, 0.3) is 0 Å². The highest BCUT2D eigenvalue weighted by atomic mass is 16.5. The molecule has 0 bridgehead atoms. The Morgan fingerprint density at radius 3 is 2.52 bits per heavy atom. The van der Waals surface area contributed by atoms with Crippen molar-refractivity contribution in [2.45, 2.75) is 58.7 Å². The molecule has 2 unspecified atom stereocenters. The van der Waals surface area contributed by atoms with Gasteiger partial charge in [0.15, 0.2) is 0 Å². The van der Waals surface area contributed by atoms with Crippen LogP contribution in [-0.2, 0) is 9.53 Å². The number of nitrogens with zero attached hydrogens (tertiary/aromatic N) is 2.